The van der Waals surface area contributed by atoms with E-state index in [-0.39, 0.29) is 4.90 Å². The number of hydrogen-bond acceptors (Lipinski definition) is 3. The third-order valence-electron chi connectivity index (χ3n) is 2.99. The summed E-state index contributed by atoms with van der Waals surface area (Å²) in [6.45, 7) is 1.27. The second kappa shape index (κ2) is 6.84. The van der Waals surface area contributed by atoms with Crippen LogP contribution in [0.4, 0.5) is 14.5 Å². The fraction of sp³-hybridized carbons (Fsp3) is 0.133. The second-order valence-corrected chi connectivity index (χ2v) is 6.46. The van der Waals surface area contributed by atoms with Gasteiger partial charge in [0.25, 0.3) is 0 Å². The van der Waals surface area contributed by atoms with Crippen LogP contribution in [0.25, 0.3) is 0 Å². The van der Waals surface area contributed by atoms with Crippen LogP contribution in [0.3, 0.4) is 0 Å². The Bertz CT molecular complexity index is 790. The normalized spacial score (nSPS) is 12.7. The van der Waals surface area contributed by atoms with Gasteiger partial charge in [0.15, 0.2) is 0 Å². The molecule has 2 N–H and O–H groups in total. The quantitative estimate of drug-likeness (QED) is 0.877. The fourth-order valence-corrected chi connectivity index (χ4v) is 3.03. The van der Waals surface area contributed by atoms with Gasteiger partial charge in [-0.25, -0.2) is 17.2 Å². The third kappa shape index (κ3) is 4.11. The number of anilines is 1. The van der Waals surface area contributed by atoms with Crippen molar-refractivity contribution in [3.63, 3.8) is 0 Å². The van der Waals surface area contributed by atoms with Crippen LogP contribution in [0.15, 0.2) is 53.4 Å². The van der Waals surface area contributed by atoms with E-state index in [0.717, 1.165) is 18.2 Å². The van der Waals surface area contributed by atoms with Gasteiger partial charge in [0.05, 0.1) is 10.9 Å². The molecule has 23 heavy (non-hydrogen) atoms. The van der Waals surface area contributed by atoms with Crippen LogP contribution < -0.4 is 10.0 Å². The zero-order valence-electron chi connectivity index (χ0n) is 12.1. The summed E-state index contributed by atoms with van der Waals surface area (Å²) in [7, 11) is -3.92. The molecule has 0 aliphatic carbocycles. The van der Waals surface area contributed by atoms with Crippen LogP contribution in [0.1, 0.15) is 6.92 Å². The summed E-state index contributed by atoms with van der Waals surface area (Å²) in [5, 5.41) is 2.04. The van der Waals surface area contributed by atoms with Crippen LogP contribution in [0.5, 0.6) is 0 Å². The van der Waals surface area contributed by atoms with Crippen molar-refractivity contribution in [3.8, 4) is 0 Å². The summed E-state index contributed by atoms with van der Waals surface area (Å²) < 4.78 is 53.3. The van der Waals surface area contributed by atoms with E-state index in [1.165, 1.54) is 31.2 Å². The Morgan fingerprint density at radius 2 is 1.57 bits per heavy atom. The molecule has 1 unspecified atom stereocenters. The highest BCUT2D eigenvalue weighted by atomic mass is 32.2. The number of para-hydroxylation sites is 1. The Balaban J connectivity index is 2.12. The Hall–Kier alpha value is -2.32. The predicted octanol–water partition coefficient (Wildman–Crippen LogP) is 2.27. The number of carbonyl (C=O) groups is 1. The van der Waals surface area contributed by atoms with E-state index in [4.69, 9.17) is 0 Å². The lowest BCUT2D eigenvalue weighted by Gasteiger charge is -2.15. The van der Waals surface area contributed by atoms with Gasteiger partial charge in [0.1, 0.15) is 17.3 Å². The number of halogens is 2. The summed E-state index contributed by atoms with van der Waals surface area (Å²) in [6.07, 6.45) is 0. The first kappa shape index (κ1) is 17.0. The molecule has 0 aromatic heterocycles. The summed E-state index contributed by atoms with van der Waals surface area (Å²) >= 11 is 0. The maximum absolute atomic E-state index is 13.5. The predicted molar refractivity (Wildman–Crippen MR) is 81.2 cm³/mol. The van der Waals surface area contributed by atoms with Gasteiger partial charge in [-0.1, -0.05) is 24.3 Å². The van der Waals surface area contributed by atoms with Gasteiger partial charge in [0.2, 0.25) is 15.9 Å². The van der Waals surface area contributed by atoms with Crippen molar-refractivity contribution in [1.29, 1.82) is 0 Å². The number of carbonyl (C=O) groups excluding carboxylic acids is 1. The maximum Gasteiger partial charge on any atom is 0.242 e. The van der Waals surface area contributed by atoms with Crippen molar-refractivity contribution in [2.45, 2.75) is 17.9 Å². The van der Waals surface area contributed by atoms with Crippen LogP contribution in [-0.4, -0.2) is 20.4 Å². The number of hydrogen-bond donors (Lipinski definition) is 2. The molecule has 1 amide bonds. The SMILES string of the molecule is CC(NS(=O)(=O)c1ccccc1)C(=O)Nc1c(F)cccc1F. The van der Waals surface area contributed by atoms with Crippen molar-refractivity contribution >= 4 is 21.6 Å². The lowest BCUT2D eigenvalue weighted by Crippen LogP contribution is -2.41. The van der Waals surface area contributed by atoms with Crippen molar-refractivity contribution in [1.82, 2.24) is 4.72 Å². The highest BCUT2D eigenvalue weighted by molar-refractivity contribution is 7.89. The van der Waals surface area contributed by atoms with E-state index in [1.54, 1.807) is 6.07 Å². The molecular weight excluding hydrogens is 326 g/mol. The molecule has 8 heteroatoms. The van der Waals surface area contributed by atoms with E-state index >= 15 is 0 Å². The summed E-state index contributed by atoms with van der Waals surface area (Å²) in [5.74, 6) is -2.78. The van der Waals surface area contributed by atoms with Crippen LogP contribution in [-0.2, 0) is 14.8 Å². The second-order valence-electron chi connectivity index (χ2n) is 4.74. The van der Waals surface area contributed by atoms with Crippen LogP contribution >= 0.6 is 0 Å². The minimum absolute atomic E-state index is 0.0169. The molecule has 0 aliphatic heterocycles. The Labute approximate surface area is 132 Å². The Morgan fingerprint density at radius 3 is 2.13 bits per heavy atom. The van der Waals surface area contributed by atoms with Crippen molar-refractivity contribution in [2.24, 2.45) is 0 Å². The van der Waals surface area contributed by atoms with E-state index in [0.29, 0.717) is 0 Å². The number of benzene rings is 2. The maximum atomic E-state index is 13.5. The first-order valence-corrected chi connectivity index (χ1v) is 8.12. The smallest absolute Gasteiger partial charge is 0.242 e. The van der Waals surface area contributed by atoms with Gasteiger partial charge >= 0.3 is 0 Å². The summed E-state index contributed by atoms with van der Waals surface area (Å²) in [6, 6.07) is 9.35. The molecule has 2 rings (SSSR count). The van der Waals surface area contributed by atoms with Gasteiger partial charge in [-0.15, -0.1) is 0 Å². The fourth-order valence-electron chi connectivity index (χ4n) is 1.80. The van der Waals surface area contributed by atoms with Gasteiger partial charge < -0.3 is 5.32 Å². The molecule has 5 nitrogen and oxygen atoms in total. The van der Waals surface area contributed by atoms with E-state index in [2.05, 4.69) is 4.72 Å². The van der Waals surface area contributed by atoms with Crippen molar-refractivity contribution < 1.29 is 22.0 Å². The summed E-state index contributed by atoms with van der Waals surface area (Å²) in [5.41, 5.74) is -0.622. The molecule has 2 aromatic rings. The van der Waals surface area contributed by atoms with Crippen LogP contribution in [0, 0.1) is 11.6 Å². The number of rotatable bonds is 5. The minimum Gasteiger partial charge on any atom is -0.320 e. The Kier molecular flexibility index (Phi) is 5.07. The lowest BCUT2D eigenvalue weighted by atomic mass is 10.2. The van der Waals surface area contributed by atoms with E-state index in [9.17, 15) is 22.0 Å². The standard InChI is InChI=1S/C15H14F2N2O3S/c1-10(19-23(21,22)11-6-3-2-4-7-11)15(20)18-14-12(16)8-5-9-13(14)17/h2-10,19H,1H3,(H,18,20). The third-order valence-corrected chi connectivity index (χ3v) is 4.55. The highest BCUT2D eigenvalue weighted by Gasteiger charge is 2.23. The zero-order valence-corrected chi connectivity index (χ0v) is 12.9. The Morgan fingerprint density at radius 1 is 1.00 bits per heavy atom. The molecule has 0 bridgehead atoms. The molecule has 0 heterocycles. The van der Waals surface area contributed by atoms with E-state index < -0.39 is 39.3 Å². The average molecular weight is 340 g/mol. The first-order chi connectivity index (χ1) is 10.8. The molecule has 0 aliphatic rings. The van der Waals surface area contributed by atoms with Crippen molar-refractivity contribution in [2.75, 3.05) is 5.32 Å². The molecule has 0 radical (unpaired) electrons. The highest BCUT2D eigenvalue weighted by Crippen LogP contribution is 2.18. The van der Waals surface area contributed by atoms with Gasteiger partial charge in [-0.3, -0.25) is 4.79 Å². The molecule has 0 spiro atoms. The first-order valence-electron chi connectivity index (χ1n) is 6.63. The molecule has 1 atom stereocenters. The molecule has 0 fully saturated rings. The zero-order chi connectivity index (χ0) is 17.0. The van der Waals surface area contributed by atoms with Crippen LogP contribution in [0.2, 0.25) is 0 Å². The average Bonchev–Trinajstić information content (AvgIpc) is 2.51. The van der Waals surface area contributed by atoms with Crippen molar-refractivity contribution in [3.05, 3.63) is 60.2 Å². The number of amides is 1. The van der Waals surface area contributed by atoms with E-state index in [1.807, 2.05) is 5.32 Å². The number of sulfonamides is 1. The molecular formula is C15H14F2N2O3S. The minimum atomic E-state index is -3.92. The monoisotopic (exact) mass is 340 g/mol. The molecule has 122 valence electrons. The van der Waals surface area contributed by atoms with Gasteiger partial charge in [-0.05, 0) is 31.2 Å². The number of nitrogens with one attached hydrogen (secondary N) is 2. The summed E-state index contributed by atoms with van der Waals surface area (Å²) in [4.78, 5) is 11.9. The molecule has 0 saturated heterocycles. The largest absolute Gasteiger partial charge is 0.320 e. The molecule has 2 aromatic carbocycles. The molecule has 0 saturated carbocycles. The lowest BCUT2D eigenvalue weighted by molar-refractivity contribution is -0.117. The van der Waals surface area contributed by atoms with Gasteiger partial charge in [0, 0.05) is 0 Å². The topological polar surface area (TPSA) is 75.3 Å². The van der Waals surface area contributed by atoms with Gasteiger partial charge in [-0.2, -0.15) is 4.72 Å².